The summed E-state index contributed by atoms with van der Waals surface area (Å²) < 4.78 is 6.17. The van der Waals surface area contributed by atoms with Crippen LogP contribution in [-0.2, 0) is 4.74 Å². The Kier molecular flexibility index (Phi) is 4.28. The molecule has 0 atom stereocenters. The van der Waals surface area contributed by atoms with Crippen LogP contribution in [0.1, 0.15) is 18.4 Å². The van der Waals surface area contributed by atoms with E-state index in [0.717, 1.165) is 42.0 Å². The van der Waals surface area contributed by atoms with Crippen molar-refractivity contribution >= 4 is 27.4 Å². The smallest absolute Gasteiger partial charge is 0.147 e. The van der Waals surface area contributed by atoms with Gasteiger partial charge in [0, 0.05) is 20.3 Å². The predicted molar refractivity (Wildman–Crippen MR) is 71.8 cm³/mol. The fourth-order valence-corrected chi connectivity index (χ4v) is 2.64. The molecule has 0 aromatic carbocycles. The van der Waals surface area contributed by atoms with Gasteiger partial charge in [-0.05, 0) is 30.7 Å². The molecule has 2 heterocycles. The molecule has 2 aromatic rings. The van der Waals surface area contributed by atoms with Crippen LogP contribution in [0.3, 0.4) is 0 Å². The highest BCUT2D eigenvalue weighted by Gasteiger charge is 2.06. The fourth-order valence-electron chi connectivity index (χ4n) is 1.67. The summed E-state index contributed by atoms with van der Waals surface area (Å²) in [5.41, 5.74) is 2.28. The molecule has 0 saturated heterocycles. The molecule has 0 aliphatic heterocycles. The SMILES string of the molecule is COCCCCNc1ncnc2c(C)csc12. The maximum absolute atomic E-state index is 5.02. The molecule has 0 amide bonds. The zero-order chi connectivity index (χ0) is 12.1. The van der Waals surface area contributed by atoms with Gasteiger partial charge in [0.15, 0.2) is 0 Å². The highest BCUT2D eigenvalue weighted by molar-refractivity contribution is 7.18. The van der Waals surface area contributed by atoms with E-state index in [0.29, 0.717) is 0 Å². The van der Waals surface area contributed by atoms with Crippen molar-refractivity contribution in [3.63, 3.8) is 0 Å². The van der Waals surface area contributed by atoms with E-state index in [1.54, 1.807) is 24.8 Å². The highest BCUT2D eigenvalue weighted by atomic mass is 32.1. The lowest BCUT2D eigenvalue weighted by Crippen LogP contribution is -2.04. The normalized spacial score (nSPS) is 10.9. The first kappa shape index (κ1) is 12.3. The molecule has 0 unspecified atom stereocenters. The van der Waals surface area contributed by atoms with E-state index < -0.39 is 0 Å². The Balaban J connectivity index is 1.99. The molecule has 0 aliphatic carbocycles. The zero-order valence-electron chi connectivity index (χ0n) is 10.2. The number of hydrogen-bond acceptors (Lipinski definition) is 5. The van der Waals surface area contributed by atoms with Crippen molar-refractivity contribution in [2.45, 2.75) is 19.8 Å². The summed E-state index contributed by atoms with van der Waals surface area (Å²) in [6.45, 7) is 3.82. The van der Waals surface area contributed by atoms with E-state index >= 15 is 0 Å². The first-order valence-corrected chi connectivity index (χ1v) is 6.62. The van der Waals surface area contributed by atoms with Gasteiger partial charge in [-0.25, -0.2) is 9.97 Å². The monoisotopic (exact) mass is 251 g/mol. The number of methoxy groups -OCH3 is 1. The van der Waals surface area contributed by atoms with Crippen LogP contribution >= 0.6 is 11.3 Å². The number of ether oxygens (including phenoxy) is 1. The van der Waals surface area contributed by atoms with Gasteiger partial charge in [-0.3, -0.25) is 0 Å². The minimum atomic E-state index is 0.818. The van der Waals surface area contributed by atoms with Crippen LogP contribution in [0.4, 0.5) is 5.82 Å². The van der Waals surface area contributed by atoms with Gasteiger partial charge in [0.05, 0.1) is 10.2 Å². The Bertz CT molecular complexity index is 484. The average molecular weight is 251 g/mol. The van der Waals surface area contributed by atoms with Gasteiger partial charge >= 0.3 is 0 Å². The van der Waals surface area contributed by atoms with Gasteiger partial charge < -0.3 is 10.1 Å². The molecule has 1 N–H and O–H groups in total. The van der Waals surface area contributed by atoms with Crippen LogP contribution in [0, 0.1) is 6.92 Å². The summed E-state index contributed by atoms with van der Waals surface area (Å²) in [7, 11) is 1.73. The maximum Gasteiger partial charge on any atom is 0.147 e. The van der Waals surface area contributed by atoms with Crippen LogP contribution in [0.25, 0.3) is 10.2 Å². The molecular formula is C12H17N3OS. The number of aromatic nitrogens is 2. The standard InChI is InChI=1S/C12H17N3OS/c1-9-7-17-11-10(9)14-8-15-12(11)13-5-3-4-6-16-2/h7-8H,3-6H2,1-2H3,(H,13,14,15). The van der Waals surface area contributed by atoms with Gasteiger partial charge in [0.2, 0.25) is 0 Å². The minimum Gasteiger partial charge on any atom is -0.385 e. The molecule has 4 nitrogen and oxygen atoms in total. The summed E-state index contributed by atoms with van der Waals surface area (Å²) in [5.74, 6) is 0.950. The number of anilines is 1. The molecule has 0 aliphatic rings. The van der Waals surface area contributed by atoms with Gasteiger partial charge in [0.1, 0.15) is 12.1 Å². The second-order valence-corrected chi connectivity index (χ2v) is 4.83. The summed E-state index contributed by atoms with van der Waals surface area (Å²) in [6.07, 6.45) is 3.78. The number of fused-ring (bicyclic) bond motifs is 1. The van der Waals surface area contributed by atoms with Crippen molar-refractivity contribution in [1.29, 1.82) is 0 Å². The molecule has 17 heavy (non-hydrogen) atoms. The van der Waals surface area contributed by atoms with E-state index in [9.17, 15) is 0 Å². The lowest BCUT2D eigenvalue weighted by atomic mass is 10.3. The van der Waals surface area contributed by atoms with Crippen LogP contribution in [-0.4, -0.2) is 30.2 Å². The minimum absolute atomic E-state index is 0.818. The zero-order valence-corrected chi connectivity index (χ0v) is 11.0. The molecule has 0 spiro atoms. The van der Waals surface area contributed by atoms with E-state index in [-0.39, 0.29) is 0 Å². The first-order chi connectivity index (χ1) is 8.33. The first-order valence-electron chi connectivity index (χ1n) is 5.74. The lowest BCUT2D eigenvalue weighted by Gasteiger charge is -2.05. The number of hydrogen-bond donors (Lipinski definition) is 1. The Hall–Kier alpha value is -1.20. The van der Waals surface area contributed by atoms with Gasteiger partial charge in [-0.2, -0.15) is 0 Å². The number of thiophene rings is 1. The molecule has 0 bridgehead atoms. The molecule has 0 fully saturated rings. The third-order valence-electron chi connectivity index (χ3n) is 2.60. The highest BCUT2D eigenvalue weighted by Crippen LogP contribution is 2.28. The number of nitrogens with one attached hydrogen (secondary N) is 1. The van der Waals surface area contributed by atoms with Gasteiger partial charge in [-0.1, -0.05) is 0 Å². The quantitative estimate of drug-likeness (QED) is 0.802. The van der Waals surface area contributed by atoms with E-state index in [1.807, 2.05) is 0 Å². The molecular weight excluding hydrogens is 234 g/mol. The van der Waals surface area contributed by atoms with Crippen molar-refractivity contribution < 1.29 is 4.74 Å². The third-order valence-corrected chi connectivity index (χ3v) is 3.69. The maximum atomic E-state index is 5.02. The lowest BCUT2D eigenvalue weighted by molar-refractivity contribution is 0.194. The van der Waals surface area contributed by atoms with E-state index in [4.69, 9.17) is 4.74 Å². The Morgan fingerprint density at radius 3 is 3.06 bits per heavy atom. The second-order valence-electron chi connectivity index (χ2n) is 3.95. The molecule has 0 saturated carbocycles. The summed E-state index contributed by atoms with van der Waals surface area (Å²) >= 11 is 1.70. The Labute approximate surface area is 105 Å². The fraction of sp³-hybridized carbons (Fsp3) is 0.500. The van der Waals surface area contributed by atoms with Gasteiger partial charge in [0.25, 0.3) is 0 Å². The number of nitrogens with zero attached hydrogens (tertiary/aromatic N) is 2. The van der Waals surface area contributed by atoms with Crippen LogP contribution in [0.2, 0.25) is 0 Å². The third kappa shape index (κ3) is 2.92. The molecule has 5 heteroatoms. The molecule has 92 valence electrons. The molecule has 2 rings (SSSR count). The molecule has 0 radical (unpaired) electrons. The number of rotatable bonds is 6. The van der Waals surface area contributed by atoms with Crippen molar-refractivity contribution in [2.24, 2.45) is 0 Å². The van der Waals surface area contributed by atoms with Crippen molar-refractivity contribution in [3.05, 3.63) is 17.3 Å². The predicted octanol–water partition coefficient (Wildman–Crippen LogP) is 2.84. The number of aryl methyl sites for hydroxylation is 1. The van der Waals surface area contributed by atoms with Crippen molar-refractivity contribution in [3.8, 4) is 0 Å². The van der Waals surface area contributed by atoms with Crippen molar-refractivity contribution in [1.82, 2.24) is 9.97 Å². The summed E-state index contributed by atoms with van der Waals surface area (Å²) in [5, 5.41) is 5.48. The van der Waals surface area contributed by atoms with Crippen LogP contribution in [0.5, 0.6) is 0 Å². The van der Waals surface area contributed by atoms with E-state index in [1.165, 1.54) is 5.56 Å². The summed E-state index contributed by atoms with van der Waals surface area (Å²) in [4.78, 5) is 8.59. The topological polar surface area (TPSA) is 47.0 Å². The second kappa shape index (κ2) is 5.93. The molecule has 2 aromatic heterocycles. The largest absolute Gasteiger partial charge is 0.385 e. The Morgan fingerprint density at radius 1 is 1.35 bits per heavy atom. The van der Waals surface area contributed by atoms with Gasteiger partial charge in [-0.15, -0.1) is 11.3 Å². The van der Waals surface area contributed by atoms with Crippen LogP contribution in [0.15, 0.2) is 11.7 Å². The van der Waals surface area contributed by atoms with E-state index in [2.05, 4.69) is 27.6 Å². The van der Waals surface area contributed by atoms with Crippen molar-refractivity contribution in [2.75, 3.05) is 25.6 Å². The summed E-state index contributed by atoms with van der Waals surface area (Å²) in [6, 6.07) is 0. The Morgan fingerprint density at radius 2 is 2.24 bits per heavy atom. The van der Waals surface area contributed by atoms with Crippen LogP contribution < -0.4 is 5.32 Å². The average Bonchev–Trinajstić information content (AvgIpc) is 2.72. The number of unbranched alkanes of at least 4 members (excludes halogenated alkanes) is 1.